The summed E-state index contributed by atoms with van der Waals surface area (Å²) in [6.45, 7) is 7.56. The fourth-order valence-electron chi connectivity index (χ4n) is 1.42. The van der Waals surface area contributed by atoms with E-state index in [0.717, 1.165) is 32.8 Å². The highest BCUT2D eigenvalue weighted by Gasteiger charge is 2.16. The van der Waals surface area contributed by atoms with E-state index in [4.69, 9.17) is 4.74 Å². The molecule has 1 heterocycles. The minimum atomic E-state index is 0.666. The number of nitrogens with zero attached hydrogens (tertiary/aromatic N) is 1. The van der Waals surface area contributed by atoms with Gasteiger partial charge in [-0.1, -0.05) is 0 Å². The molecule has 1 rings (SSSR count). The third-order valence-corrected chi connectivity index (χ3v) is 2.22. The van der Waals surface area contributed by atoms with Crippen LogP contribution in [0.15, 0.2) is 0 Å². The molecule has 1 saturated heterocycles. The maximum atomic E-state index is 5.03. The molecule has 0 aromatic heterocycles. The maximum Gasteiger partial charge on any atom is 0.0589 e. The fraction of sp³-hybridized carbons (Fsp3) is 1.00. The van der Waals surface area contributed by atoms with Crippen LogP contribution >= 0.6 is 0 Å². The average molecular weight is 158 g/mol. The summed E-state index contributed by atoms with van der Waals surface area (Å²) in [5.74, 6) is 0. The smallest absolute Gasteiger partial charge is 0.0589 e. The summed E-state index contributed by atoms with van der Waals surface area (Å²) in [6, 6.07) is 0.666. The summed E-state index contributed by atoms with van der Waals surface area (Å²) in [7, 11) is 1.76. The van der Waals surface area contributed by atoms with Gasteiger partial charge in [-0.3, -0.25) is 4.90 Å². The second-order valence-corrected chi connectivity index (χ2v) is 3.08. The average Bonchev–Trinajstić information content (AvgIpc) is 2.03. The molecule has 0 aliphatic carbocycles. The van der Waals surface area contributed by atoms with Crippen LogP contribution in [0.4, 0.5) is 0 Å². The van der Waals surface area contributed by atoms with E-state index < -0.39 is 0 Å². The highest BCUT2D eigenvalue weighted by molar-refractivity contribution is 4.75. The van der Waals surface area contributed by atoms with E-state index in [-0.39, 0.29) is 0 Å². The monoisotopic (exact) mass is 158 g/mol. The number of hydrogen-bond donors (Lipinski definition) is 1. The van der Waals surface area contributed by atoms with Crippen LogP contribution in [-0.4, -0.2) is 50.8 Å². The zero-order chi connectivity index (χ0) is 8.10. The van der Waals surface area contributed by atoms with E-state index in [1.807, 2.05) is 0 Å². The van der Waals surface area contributed by atoms with Gasteiger partial charge in [0, 0.05) is 39.3 Å². The molecule has 0 aromatic carbocycles. The lowest BCUT2D eigenvalue weighted by molar-refractivity contribution is 0.110. The van der Waals surface area contributed by atoms with Crippen molar-refractivity contribution in [3.05, 3.63) is 0 Å². The molecule has 3 heteroatoms. The molecule has 1 aliphatic rings. The Kier molecular flexibility index (Phi) is 3.83. The van der Waals surface area contributed by atoms with E-state index in [0.29, 0.717) is 6.04 Å². The van der Waals surface area contributed by atoms with E-state index in [1.54, 1.807) is 7.11 Å². The maximum absolute atomic E-state index is 5.03. The first-order valence-corrected chi connectivity index (χ1v) is 4.28. The Morgan fingerprint density at radius 2 is 2.45 bits per heavy atom. The van der Waals surface area contributed by atoms with Crippen LogP contribution < -0.4 is 5.32 Å². The van der Waals surface area contributed by atoms with E-state index in [2.05, 4.69) is 17.1 Å². The van der Waals surface area contributed by atoms with Crippen molar-refractivity contribution in [2.45, 2.75) is 13.0 Å². The lowest BCUT2D eigenvalue weighted by atomic mass is 10.2. The van der Waals surface area contributed by atoms with Crippen LogP contribution in [0.3, 0.4) is 0 Å². The van der Waals surface area contributed by atoms with Crippen molar-refractivity contribution in [3.8, 4) is 0 Å². The molecule has 1 fully saturated rings. The minimum absolute atomic E-state index is 0.666. The Bertz CT molecular complexity index is 108. The Hall–Kier alpha value is -0.120. The van der Waals surface area contributed by atoms with Gasteiger partial charge in [0.1, 0.15) is 0 Å². The summed E-state index contributed by atoms with van der Waals surface area (Å²) in [5.41, 5.74) is 0. The lowest BCUT2D eigenvalue weighted by Crippen LogP contribution is -2.50. The molecule has 1 N–H and O–H groups in total. The zero-order valence-electron chi connectivity index (χ0n) is 7.47. The Balaban J connectivity index is 2.18. The van der Waals surface area contributed by atoms with Gasteiger partial charge < -0.3 is 10.1 Å². The molecule has 1 atom stereocenters. The third kappa shape index (κ3) is 2.77. The van der Waals surface area contributed by atoms with Crippen LogP contribution in [0, 0.1) is 0 Å². The van der Waals surface area contributed by atoms with Gasteiger partial charge in [-0.2, -0.15) is 0 Å². The standard InChI is InChI=1S/C8H18N2O/c1-8-7-9-3-4-10(8)5-6-11-2/h8-9H,3-7H2,1-2H3. The molecule has 0 radical (unpaired) electrons. The molecule has 0 amide bonds. The van der Waals surface area contributed by atoms with Crippen molar-refractivity contribution in [3.63, 3.8) is 0 Å². The first-order chi connectivity index (χ1) is 5.34. The molecule has 11 heavy (non-hydrogen) atoms. The molecule has 1 aliphatic heterocycles. The summed E-state index contributed by atoms with van der Waals surface area (Å²) >= 11 is 0. The van der Waals surface area contributed by atoms with Gasteiger partial charge >= 0.3 is 0 Å². The number of rotatable bonds is 3. The van der Waals surface area contributed by atoms with Gasteiger partial charge in [-0.05, 0) is 6.92 Å². The summed E-state index contributed by atoms with van der Waals surface area (Å²) in [6.07, 6.45) is 0. The second-order valence-electron chi connectivity index (χ2n) is 3.08. The fourth-order valence-corrected chi connectivity index (χ4v) is 1.42. The van der Waals surface area contributed by atoms with Gasteiger partial charge in [0.2, 0.25) is 0 Å². The van der Waals surface area contributed by atoms with Crippen molar-refractivity contribution in [1.82, 2.24) is 10.2 Å². The Morgan fingerprint density at radius 1 is 1.64 bits per heavy atom. The van der Waals surface area contributed by atoms with Crippen molar-refractivity contribution >= 4 is 0 Å². The molecule has 1 unspecified atom stereocenters. The van der Waals surface area contributed by atoms with Crippen LogP contribution in [0.2, 0.25) is 0 Å². The predicted octanol–water partition coefficient (Wildman–Crippen LogP) is -0.0735. The van der Waals surface area contributed by atoms with Crippen LogP contribution in [0.25, 0.3) is 0 Å². The topological polar surface area (TPSA) is 24.5 Å². The second kappa shape index (κ2) is 4.70. The van der Waals surface area contributed by atoms with Crippen LogP contribution in [0.1, 0.15) is 6.92 Å². The Morgan fingerprint density at radius 3 is 3.09 bits per heavy atom. The van der Waals surface area contributed by atoms with E-state index >= 15 is 0 Å². The molecule has 0 spiro atoms. The largest absolute Gasteiger partial charge is 0.383 e. The minimum Gasteiger partial charge on any atom is -0.383 e. The number of methoxy groups -OCH3 is 1. The van der Waals surface area contributed by atoms with Crippen LogP contribution in [-0.2, 0) is 4.74 Å². The van der Waals surface area contributed by atoms with Gasteiger partial charge in [0.15, 0.2) is 0 Å². The molecule has 0 bridgehead atoms. The van der Waals surface area contributed by atoms with E-state index in [1.165, 1.54) is 0 Å². The number of hydrogen-bond acceptors (Lipinski definition) is 3. The Labute approximate surface area is 68.7 Å². The van der Waals surface area contributed by atoms with Gasteiger partial charge in [-0.15, -0.1) is 0 Å². The predicted molar refractivity (Wildman–Crippen MR) is 45.8 cm³/mol. The van der Waals surface area contributed by atoms with Crippen molar-refractivity contribution in [2.24, 2.45) is 0 Å². The van der Waals surface area contributed by atoms with Gasteiger partial charge in [0.25, 0.3) is 0 Å². The first kappa shape index (κ1) is 8.97. The quantitative estimate of drug-likeness (QED) is 0.622. The molecule has 3 nitrogen and oxygen atoms in total. The van der Waals surface area contributed by atoms with Crippen molar-refractivity contribution in [2.75, 3.05) is 39.9 Å². The highest BCUT2D eigenvalue weighted by Crippen LogP contribution is 2.00. The number of nitrogens with one attached hydrogen (secondary N) is 1. The third-order valence-electron chi connectivity index (χ3n) is 2.22. The molecule has 66 valence electrons. The normalized spacial score (nSPS) is 27.3. The lowest BCUT2D eigenvalue weighted by Gasteiger charge is -2.33. The van der Waals surface area contributed by atoms with Crippen LogP contribution in [0.5, 0.6) is 0 Å². The van der Waals surface area contributed by atoms with Gasteiger partial charge in [-0.25, -0.2) is 0 Å². The van der Waals surface area contributed by atoms with Crippen molar-refractivity contribution < 1.29 is 4.74 Å². The zero-order valence-corrected chi connectivity index (χ0v) is 7.47. The molecule has 0 aromatic rings. The molecular weight excluding hydrogens is 140 g/mol. The summed E-state index contributed by atoms with van der Waals surface area (Å²) in [5, 5.41) is 3.36. The number of piperazine rings is 1. The SMILES string of the molecule is COCCN1CCNCC1C. The highest BCUT2D eigenvalue weighted by atomic mass is 16.5. The number of ether oxygens (including phenoxy) is 1. The van der Waals surface area contributed by atoms with Gasteiger partial charge in [0.05, 0.1) is 6.61 Å². The molecular formula is C8H18N2O. The van der Waals surface area contributed by atoms with E-state index in [9.17, 15) is 0 Å². The summed E-state index contributed by atoms with van der Waals surface area (Å²) in [4.78, 5) is 2.46. The van der Waals surface area contributed by atoms with Crippen molar-refractivity contribution in [1.29, 1.82) is 0 Å². The summed E-state index contributed by atoms with van der Waals surface area (Å²) < 4.78 is 5.03. The first-order valence-electron chi connectivity index (χ1n) is 4.28. The molecule has 0 saturated carbocycles.